The van der Waals surface area contributed by atoms with Gasteiger partial charge >= 0.3 is 0 Å². The van der Waals surface area contributed by atoms with E-state index in [0.717, 1.165) is 18.5 Å². The molecule has 0 radical (unpaired) electrons. The summed E-state index contributed by atoms with van der Waals surface area (Å²) in [4.78, 5) is 14.8. The maximum absolute atomic E-state index is 12.7. The van der Waals surface area contributed by atoms with E-state index in [-0.39, 0.29) is 5.91 Å². The third-order valence-electron chi connectivity index (χ3n) is 4.05. The number of carbonyl (C=O) groups is 1. The van der Waals surface area contributed by atoms with Crippen molar-refractivity contribution in [3.05, 3.63) is 35.9 Å². The van der Waals surface area contributed by atoms with Gasteiger partial charge in [-0.2, -0.15) is 0 Å². The number of amides is 1. The first-order valence-electron chi connectivity index (χ1n) is 7.69. The average Bonchev–Trinajstić information content (AvgIpc) is 2.98. The van der Waals surface area contributed by atoms with E-state index in [2.05, 4.69) is 11.8 Å². The van der Waals surface area contributed by atoms with Gasteiger partial charge in [0.15, 0.2) is 0 Å². The lowest BCUT2D eigenvalue weighted by Crippen LogP contribution is -2.39. The predicted molar refractivity (Wildman–Crippen MR) is 79.3 cm³/mol. The molecule has 1 aromatic rings. The van der Waals surface area contributed by atoms with Gasteiger partial charge in [-0.25, -0.2) is 0 Å². The molecule has 0 unspecified atom stereocenters. The average molecular weight is 259 g/mol. The molecule has 2 heteroatoms. The van der Waals surface area contributed by atoms with E-state index in [1.807, 2.05) is 30.3 Å². The van der Waals surface area contributed by atoms with Crippen molar-refractivity contribution in [1.82, 2.24) is 4.90 Å². The number of unbranched alkanes of at least 4 members (excludes halogenated alkanes) is 2. The third kappa shape index (κ3) is 3.82. The van der Waals surface area contributed by atoms with Gasteiger partial charge in [0.1, 0.15) is 0 Å². The van der Waals surface area contributed by atoms with Crippen LogP contribution in [0.25, 0.3) is 0 Å². The molecule has 19 heavy (non-hydrogen) atoms. The van der Waals surface area contributed by atoms with E-state index >= 15 is 0 Å². The minimum atomic E-state index is 0.226. The Balaban J connectivity index is 2.05. The summed E-state index contributed by atoms with van der Waals surface area (Å²) < 4.78 is 0. The molecule has 1 aliphatic rings. The first kappa shape index (κ1) is 14.1. The standard InChI is InChI=1S/C17H25NO/c1-2-3-9-14-18(16-12-7-8-13-16)17(19)15-10-5-4-6-11-15/h4-6,10-11,16H,2-3,7-9,12-14H2,1H3. The molecule has 1 amide bonds. The van der Waals surface area contributed by atoms with Gasteiger partial charge in [0.2, 0.25) is 0 Å². The van der Waals surface area contributed by atoms with Crippen LogP contribution >= 0.6 is 0 Å². The molecule has 104 valence electrons. The number of carbonyl (C=O) groups excluding carboxylic acids is 1. The van der Waals surface area contributed by atoms with Crippen LogP contribution in [-0.2, 0) is 0 Å². The van der Waals surface area contributed by atoms with Gasteiger partial charge in [0, 0.05) is 18.2 Å². The lowest BCUT2D eigenvalue weighted by Gasteiger charge is -2.29. The number of nitrogens with zero attached hydrogens (tertiary/aromatic N) is 1. The molecular formula is C17H25NO. The molecule has 0 atom stereocenters. The molecule has 1 fully saturated rings. The fourth-order valence-electron chi connectivity index (χ4n) is 2.94. The smallest absolute Gasteiger partial charge is 0.254 e. The molecule has 1 aromatic carbocycles. The second kappa shape index (κ2) is 7.32. The monoisotopic (exact) mass is 259 g/mol. The van der Waals surface area contributed by atoms with Crippen molar-refractivity contribution in [2.75, 3.05) is 6.54 Å². The first-order valence-corrected chi connectivity index (χ1v) is 7.69. The van der Waals surface area contributed by atoms with Crippen molar-refractivity contribution in [3.63, 3.8) is 0 Å². The number of benzene rings is 1. The maximum atomic E-state index is 12.7. The Labute approximate surface area is 116 Å². The first-order chi connectivity index (χ1) is 9.33. The highest BCUT2D eigenvalue weighted by molar-refractivity contribution is 5.94. The molecule has 0 bridgehead atoms. The third-order valence-corrected chi connectivity index (χ3v) is 4.05. The Kier molecular flexibility index (Phi) is 5.44. The van der Waals surface area contributed by atoms with Crippen molar-refractivity contribution >= 4 is 5.91 Å². The summed E-state index contributed by atoms with van der Waals surface area (Å²) in [5.74, 6) is 0.226. The van der Waals surface area contributed by atoms with Crippen LogP contribution in [0.3, 0.4) is 0 Å². The van der Waals surface area contributed by atoms with Crippen molar-refractivity contribution in [2.45, 2.75) is 57.9 Å². The van der Waals surface area contributed by atoms with Crippen LogP contribution in [0.1, 0.15) is 62.2 Å². The lowest BCUT2D eigenvalue weighted by atomic mass is 10.1. The normalized spacial score (nSPS) is 15.6. The van der Waals surface area contributed by atoms with Crippen LogP contribution < -0.4 is 0 Å². The highest BCUT2D eigenvalue weighted by Gasteiger charge is 2.26. The quantitative estimate of drug-likeness (QED) is 0.699. The maximum Gasteiger partial charge on any atom is 0.254 e. The van der Waals surface area contributed by atoms with E-state index in [0.29, 0.717) is 6.04 Å². The number of rotatable bonds is 6. The summed E-state index contributed by atoms with van der Waals surface area (Å²) in [6.07, 6.45) is 8.47. The van der Waals surface area contributed by atoms with E-state index in [4.69, 9.17) is 0 Å². The highest BCUT2D eigenvalue weighted by Crippen LogP contribution is 2.25. The minimum Gasteiger partial charge on any atom is -0.336 e. The van der Waals surface area contributed by atoms with Crippen LogP contribution in [-0.4, -0.2) is 23.4 Å². The Morgan fingerprint density at radius 1 is 1.16 bits per heavy atom. The van der Waals surface area contributed by atoms with Crippen LogP contribution in [0.5, 0.6) is 0 Å². The van der Waals surface area contributed by atoms with E-state index in [1.165, 1.54) is 38.5 Å². The molecule has 0 N–H and O–H groups in total. The SMILES string of the molecule is CCCCCN(C(=O)c1ccccc1)C1CCCC1. The second-order valence-corrected chi connectivity index (χ2v) is 5.51. The molecule has 2 nitrogen and oxygen atoms in total. The topological polar surface area (TPSA) is 20.3 Å². The van der Waals surface area contributed by atoms with Crippen molar-refractivity contribution in [1.29, 1.82) is 0 Å². The zero-order chi connectivity index (χ0) is 13.5. The molecule has 0 saturated heterocycles. The van der Waals surface area contributed by atoms with Crippen LogP contribution in [0.2, 0.25) is 0 Å². The van der Waals surface area contributed by atoms with Gasteiger partial charge in [0.05, 0.1) is 0 Å². The summed E-state index contributed by atoms with van der Waals surface area (Å²) in [6.45, 7) is 3.13. The van der Waals surface area contributed by atoms with Crippen molar-refractivity contribution in [2.24, 2.45) is 0 Å². The summed E-state index contributed by atoms with van der Waals surface area (Å²) in [6, 6.07) is 10.2. The lowest BCUT2D eigenvalue weighted by molar-refractivity contribution is 0.0677. The second-order valence-electron chi connectivity index (χ2n) is 5.51. The van der Waals surface area contributed by atoms with Crippen molar-refractivity contribution < 1.29 is 4.79 Å². The van der Waals surface area contributed by atoms with E-state index in [9.17, 15) is 4.79 Å². The summed E-state index contributed by atoms with van der Waals surface area (Å²) in [7, 11) is 0. The van der Waals surface area contributed by atoms with Gasteiger partial charge in [-0.15, -0.1) is 0 Å². The molecule has 0 heterocycles. The van der Waals surface area contributed by atoms with Gasteiger partial charge in [-0.1, -0.05) is 50.8 Å². The molecule has 1 aliphatic carbocycles. The van der Waals surface area contributed by atoms with Gasteiger partial charge in [-0.05, 0) is 31.4 Å². The van der Waals surface area contributed by atoms with E-state index < -0.39 is 0 Å². The van der Waals surface area contributed by atoms with Crippen LogP contribution in [0.4, 0.5) is 0 Å². The van der Waals surface area contributed by atoms with Crippen LogP contribution in [0, 0.1) is 0 Å². The molecule has 1 saturated carbocycles. The molecule has 2 rings (SSSR count). The van der Waals surface area contributed by atoms with Crippen molar-refractivity contribution in [3.8, 4) is 0 Å². The highest BCUT2D eigenvalue weighted by atomic mass is 16.2. The van der Waals surface area contributed by atoms with Gasteiger partial charge in [-0.3, -0.25) is 4.79 Å². The Bertz CT molecular complexity index is 382. The molecular weight excluding hydrogens is 234 g/mol. The Hall–Kier alpha value is -1.31. The van der Waals surface area contributed by atoms with Crippen LogP contribution in [0.15, 0.2) is 30.3 Å². The summed E-state index contributed by atoms with van der Waals surface area (Å²) >= 11 is 0. The fraction of sp³-hybridized carbons (Fsp3) is 0.588. The summed E-state index contributed by atoms with van der Waals surface area (Å²) in [5.41, 5.74) is 0.839. The molecule has 0 spiro atoms. The largest absolute Gasteiger partial charge is 0.336 e. The fourth-order valence-corrected chi connectivity index (χ4v) is 2.94. The van der Waals surface area contributed by atoms with Gasteiger partial charge < -0.3 is 4.90 Å². The Morgan fingerprint density at radius 2 is 1.84 bits per heavy atom. The Morgan fingerprint density at radius 3 is 2.47 bits per heavy atom. The zero-order valence-corrected chi connectivity index (χ0v) is 12.0. The zero-order valence-electron chi connectivity index (χ0n) is 12.0. The van der Waals surface area contributed by atoms with Gasteiger partial charge in [0.25, 0.3) is 5.91 Å². The number of hydrogen-bond acceptors (Lipinski definition) is 1. The predicted octanol–water partition coefficient (Wildman–Crippen LogP) is 4.26. The summed E-state index contributed by atoms with van der Waals surface area (Å²) in [5, 5.41) is 0. The molecule has 0 aromatic heterocycles. The number of hydrogen-bond donors (Lipinski definition) is 0. The molecule has 0 aliphatic heterocycles. The van der Waals surface area contributed by atoms with E-state index in [1.54, 1.807) is 0 Å². The minimum absolute atomic E-state index is 0.226.